The molecule has 0 bridgehead atoms. The third-order valence-electron chi connectivity index (χ3n) is 3.70. The molecule has 0 aliphatic heterocycles. The molecule has 0 radical (unpaired) electrons. The highest BCUT2D eigenvalue weighted by molar-refractivity contribution is 7.99. The highest BCUT2D eigenvalue weighted by Gasteiger charge is 2.17. The van der Waals surface area contributed by atoms with Gasteiger partial charge in [-0.2, -0.15) is 0 Å². The molecule has 0 unspecified atom stereocenters. The van der Waals surface area contributed by atoms with Crippen molar-refractivity contribution in [2.24, 2.45) is 0 Å². The van der Waals surface area contributed by atoms with E-state index in [1.807, 2.05) is 0 Å². The van der Waals surface area contributed by atoms with Crippen LogP contribution in [0.3, 0.4) is 0 Å². The normalized spacial score (nSPS) is 11.3. The summed E-state index contributed by atoms with van der Waals surface area (Å²) in [6, 6.07) is 5.51. The molecule has 104 valence electrons. The van der Waals surface area contributed by atoms with Gasteiger partial charge in [-0.15, -0.1) is 11.8 Å². The van der Waals surface area contributed by atoms with Gasteiger partial charge in [-0.25, -0.2) is 0 Å². The number of hydrogen-bond donors (Lipinski definition) is 0. The van der Waals surface area contributed by atoms with Crippen LogP contribution in [0, 0.1) is 6.92 Å². The lowest BCUT2D eigenvalue weighted by Crippen LogP contribution is -2.25. The Morgan fingerprint density at radius 1 is 0.762 bits per heavy atom. The van der Waals surface area contributed by atoms with Gasteiger partial charge in [-0.1, -0.05) is 0 Å². The maximum absolute atomic E-state index is 12.2. The van der Waals surface area contributed by atoms with Gasteiger partial charge in [-0.05, 0) is 48.4 Å². The lowest BCUT2D eigenvalue weighted by Gasteiger charge is -2.10. The summed E-state index contributed by atoms with van der Waals surface area (Å²) < 4.78 is 0. The van der Waals surface area contributed by atoms with Crippen LogP contribution in [-0.4, -0.2) is 6.26 Å². The van der Waals surface area contributed by atoms with Crippen LogP contribution < -0.4 is 21.7 Å². The smallest absolute Gasteiger partial charge is 0.234 e. The minimum Gasteiger partial charge on any atom is -0.286 e. The fraction of sp³-hybridized carbons (Fsp3) is 0.125. The van der Waals surface area contributed by atoms with Crippen LogP contribution in [0.2, 0.25) is 0 Å². The summed E-state index contributed by atoms with van der Waals surface area (Å²) in [5, 5.41) is 1.77. The van der Waals surface area contributed by atoms with E-state index < -0.39 is 21.7 Å². The lowest BCUT2D eigenvalue weighted by molar-refractivity contribution is 1.43. The first-order valence-electron chi connectivity index (χ1n) is 6.25. The van der Waals surface area contributed by atoms with Gasteiger partial charge in [0.2, 0.25) is 21.7 Å². The molecule has 0 aliphatic carbocycles. The number of benzene rings is 3. The number of aryl methyl sites for hydroxylation is 1. The summed E-state index contributed by atoms with van der Waals surface area (Å²) in [6.45, 7) is 1.69. The standard InChI is InChI=1S/C16H10O4S/c1-7-8-3-5-11(18)15(20)13(8)16(21-2)9-4-6-10(17)14(19)12(7)9/h3-6H,1-2H3. The molecule has 0 N–H and O–H groups in total. The molecule has 0 heterocycles. The van der Waals surface area contributed by atoms with E-state index in [1.54, 1.807) is 25.3 Å². The third-order valence-corrected chi connectivity index (χ3v) is 4.53. The molecule has 3 rings (SSSR count). The van der Waals surface area contributed by atoms with Crippen molar-refractivity contribution in [2.75, 3.05) is 6.26 Å². The second-order valence-electron chi connectivity index (χ2n) is 4.79. The van der Waals surface area contributed by atoms with Gasteiger partial charge < -0.3 is 0 Å². The largest absolute Gasteiger partial charge is 0.286 e. The fourth-order valence-corrected chi connectivity index (χ4v) is 3.50. The zero-order valence-electron chi connectivity index (χ0n) is 11.4. The first kappa shape index (κ1) is 13.7. The molecule has 0 atom stereocenters. The van der Waals surface area contributed by atoms with E-state index in [1.165, 1.54) is 23.9 Å². The van der Waals surface area contributed by atoms with E-state index in [0.29, 0.717) is 32.0 Å². The molecule has 3 aromatic rings. The average Bonchev–Trinajstić information content (AvgIpc) is 2.47. The van der Waals surface area contributed by atoms with Crippen LogP contribution in [0.25, 0.3) is 21.5 Å². The zero-order valence-corrected chi connectivity index (χ0v) is 12.2. The Labute approximate surface area is 122 Å². The number of rotatable bonds is 1. The van der Waals surface area contributed by atoms with Gasteiger partial charge in [0.1, 0.15) is 0 Å². The van der Waals surface area contributed by atoms with Crippen molar-refractivity contribution in [2.45, 2.75) is 11.8 Å². The molecule has 0 saturated carbocycles. The van der Waals surface area contributed by atoms with E-state index >= 15 is 0 Å². The maximum atomic E-state index is 12.2. The first-order chi connectivity index (χ1) is 9.97. The van der Waals surface area contributed by atoms with Crippen molar-refractivity contribution in [1.29, 1.82) is 0 Å². The van der Waals surface area contributed by atoms with Crippen molar-refractivity contribution in [3.63, 3.8) is 0 Å². The Bertz CT molecular complexity index is 1110. The van der Waals surface area contributed by atoms with Gasteiger partial charge in [0, 0.05) is 21.1 Å². The summed E-state index contributed by atoms with van der Waals surface area (Å²) in [7, 11) is 0. The highest BCUT2D eigenvalue weighted by Crippen LogP contribution is 2.33. The topological polar surface area (TPSA) is 68.3 Å². The van der Waals surface area contributed by atoms with Crippen molar-refractivity contribution >= 4 is 33.3 Å². The Balaban J connectivity index is 2.84. The van der Waals surface area contributed by atoms with Crippen LogP contribution in [0.15, 0.2) is 48.3 Å². The van der Waals surface area contributed by atoms with Gasteiger partial charge in [0.15, 0.2) is 0 Å². The monoisotopic (exact) mass is 298 g/mol. The van der Waals surface area contributed by atoms with Crippen molar-refractivity contribution < 1.29 is 0 Å². The van der Waals surface area contributed by atoms with E-state index in [4.69, 9.17) is 0 Å². The van der Waals surface area contributed by atoms with Crippen LogP contribution in [0.5, 0.6) is 0 Å². The molecule has 0 spiro atoms. The molecule has 0 fully saturated rings. The molecular formula is C16H10O4S. The highest BCUT2D eigenvalue weighted by atomic mass is 32.2. The quantitative estimate of drug-likeness (QED) is 0.385. The summed E-state index contributed by atoms with van der Waals surface area (Å²) in [5.41, 5.74) is -1.71. The van der Waals surface area contributed by atoms with Crippen molar-refractivity contribution in [1.82, 2.24) is 0 Å². The molecule has 0 aromatic heterocycles. The van der Waals surface area contributed by atoms with E-state index in [-0.39, 0.29) is 0 Å². The Kier molecular flexibility index (Phi) is 3.02. The second-order valence-corrected chi connectivity index (χ2v) is 5.61. The molecule has 5 heteroatoms. The molecule has 0 aliphatic rings. The summed E-state index contributed by atoms with van der Waals surface area (Å²) in [6.07, 6.45) is 1.77. The maximum Gasteiger partial charge on any atom is 0.234 e. The molecule has 0 saturated heterocycles. The third kappa shape index (κ3) is 1.77. The van der Waals surface area contributed by atoms with Gasteiger partial charge in [0.05, 0.1) is 0 Å². The fourth-order valence-electron chi connectivity index (χ4n) is 2.71. The van der Waals surface area contributed by atoms with Crippen LogP contribution in [0.4, 0.5) is 0 Å². The molecule has 4 nitrogen and oxygen atoms in total. The first-order valence-corrected chi connectivity index (χ1v) is 7.47. The molecule has 3 aromatic carbocycles. The van der Waals surface area contributed by atoms with Gasteiger partial charge in [0.25, 0.3) is 0 Å². The van der Waals surface area contributed by atoms with E-state index in [2.05, 4.69) is 0 Å². The Morgan fingerprint density at radius 3 is 1.86 bits per heavy atom. The lowest BCUT2D eigenvalue weighted by atomic mass is 9.97. The summed E-state index contributed by atoms with van der Waals surface area (Å²) in [5.74, 6) is 0. The Hall–Kier alpha value is -2.27. The molecule has 0 amide bonds. The summed E-state index contributed by atoms with van der Waals surface area (Å²) in [4.78, 5) is 48.2. The SMILES string of the molecule is CSc1c2ccc(=O)c(=O)c2c(C)c2ccc(=O)c(=O)c12. The zero-order chi connectivity index (χ0) is 15.3. The predicted molar refractivity (Wildman–Crippen MR) is 85.4 cm³/mol. The number of fused-ring (bicyclic) bond motifs is 2. The molecule has 21 heavy (non-hydrogen) atoms. The molecular weight excluding hydrogens is 288 g/mol. The van der Waals surface area contributed by atoms with Gasteiger partial charge in [-0.3, -0.25) is 19.2 Å². The second kappa shape index (κ2) is 4.63. The Morgan fingerprint density at radius 2 is 1.29 bits per heavy atom. The minimum absolute atomic E-state index is 0.331. The van der Waals surface area contributed by atoms with Crippen LogP contribution in [-0.2, 0) is 0 Å². The van der Waals surface area contributed by atoms with E-state index in [9.17, 15) is 19.2 Å². The number of hydrogen-bond acceptors (Lipinski definition) is 5. The predicted octanol–water partition coefficient (Wildman–Crippen LogP) is 1.34. The van der Waals surface area contributed by atoms with Crippen molar-refractivity contribution in [3.05, 3.63) is 70.7 Å². The van der Waals surface area contributed by atoms with Crippen LogP contribution in [0.1, 0.15) is 5.56 Å². The van der Waals surface area contributed by atoms with Crippen LogP contribution >= 0.6 is 11.8 Å². The van der Waals surface area contributed by atoms with Crippen molar-refractivity contribution in [3.8, 4) is 0 Å². The number of thioether (sulfide) groups is 1. The van der Waals surface area contributed by atoms with Gasteiger partial charge >= 0.3 is 0 Å². The minimum atomic E-state index is -0.570. The average molecular weight is 298 g/mol. The van der Waals surface area contributed by atoms with E-state index in [0.717, 1.165) is 0 Å². The summed E-state index contributed by atoms with van der Waals surface area (Å²) >= 11 is 1.29.